The minimum atomic E-state index is -0.597. The fraction of sp³-hybridized carbons (Fsp3) is 0.484. The van der Waals surface area contributed by atoms with Crippen LogP contribution in [0.5, 0.6) is 5.88 Å². The Morgan fingerprint density at radius 2 is 1.90 bits per heavy atom. The number of ether oxygens (including phenoxy) is 3. The van der Waals surface area contributed by atoms with Gasteiger partial charge in [0, 0.05) is 43.6 Å². The standard InChI is InChI=1S/C31H39N7O4/c1-21-26(18-32-28-27(21)38(12-15-41-28)30(39)42-31(2,3)4)37-9-8-23-17-33-29(35-25(23)20-37)34-24-7-5-6-22(16-24)19-36-10-13-40-14-11-36/h5-7,16-18H,8-15,19-20H2,1-4H3,(H,33,34,35). The molecule has 1 saturated heterocycles. The zero-order valence-corrected chi connectivity index (χ0v) is 24.9. The van der Waals surface area contributed by atoms with Crippen molar-refractivity contribution in [3.8, 4) is 5.88 Å². The van der Waals surface area contributed by atoms with Crippen LogP contribution in [0.25, 0.3) is 0 Å². The Balaban J connectivity index is 1.19. The Kier molecular flexibility index (Phi) is 7.87. The molecule has 3 aliphatic rings. The van der Waals surface area contributed by atoms with Gasteiger partial charge in [-0.25, -0.2) is 19.7 Å². The molecule has 5 heterocycles. The van der Waals surface area contributed by atoms with Crippen molar-refractivity contribution >= 4 is 29.1 Å². The number of morpholine rings is 1. The predicted octanol–water partition coefficient (Wildman–Crippen LogP) is 4.45. The van der Waals surface area contributed by atoms with E-state index in [1.54, 1.807) is 4.90 Å². The van der Waals surface area contributed by atoms with Crippen molar-refractivity contribution in [2.75, 3.05) is 61.1 Å². The Morgan fingerprint density at radius 3 is 2.71 bits per heavy atom. The molecule has 0 atom stereocenters. The molecular formula is C31H39N7O4. The van der Waals surface area contributed by atoms with Crippen molar-refractivity contribution in [1.29, 1.82) is 0 Å². The molecule has 3 aliphatic heterocycles. The summed E-state index contributed by atoms with van der Waals surface area (Å²) in [7, 11) is 0. The predicted molar refractivity (Wildman–Crippen MR) is 161 cm³/mol. The highest BCUT2D eigenvalue weighted by molar-refractivity contribution is 5.92. The van der Waals surface area contributed by atoms with Gasteiger partial charge in [-0.05, 0) is 57.4 Å². The lowest BCUT2D eigenvalue weighted by Gasteiger charge is -2.35. The second-order valence-corrected chi connectivity index (χ2v) is 12.0. The Hall–Kier alpha value is -3.96. The first kappa shape index (κ1) is 28.2. The molecule has 0 bridgehead atoms. The molecule has 3 aromatic rings. The molecule has 1 aromatic carbocycles. The number of hydrogen-bond donors (Lipinski definition) is 1. The lowest BCUT2D eigenvalue weighted by atomic mass is 10.0. The number of hydrogen-bond acceptors (Lipinski definition) is 10. The highest BCUT2D eigenvalue weighted by Gasteiger charge is 2.32. The van der Waals surface area contributed by atoms with Crippen molar-refractivity contribution in [3.05, 3.63) is 59.0 Å². The molecule has 0 aliphatic carbocycles. The van der Waals surface area contributed by atoms with E-state index in [1.165, 1.54) is 5.56 Å². The van der Waals surface area contributed by atoms with Crippen LogP contribution in [0.15, 0.2) is 36.7 Å². The van der Waals surface area contributed by atoms with Crippen LogP contribution in [0.1, 0.15) is 43.2 Å². The maximum atomic E-state index is 13.1. The summed E-state index contributed by atoms with van der Waals surface area (Å²) in [5, 5.41) is 3.40. The summed E-state index contributed by atoms with van der Waals surface area (Å²) in [6.07, 6.45) is 4.18. The first-order valence-corrected chi connectivity index (χ1v) is 14.6. The average Bonchev–Trinajstić information content (AvgIpc) is 2.96. The van der Waals surface area contributed by atoms with E-state index in [4.69, 9.17) is 19.2 Å². The molecular weight excluding hydrogens is 534 g/mol. The second kappa shape index (κ2) is 11.7. The van der Waals surface area contributed by atoms with Crippen molar-refractivity contribution in [2.45, 2.75) is 52.8 Å². The number of nitrogens with zero attached hydrogens (tertiary/aromatic N) is 6. The molecule has 6 rings (SSSR count). The normalized spacial score (nSPS) is 17.2. The van der Waals surface area contributed by atoms with E-state index in [0.717, 1.165) is 74.0 Å². The molecule has 1 amide bonds. The molecule has 1 N–H and O–H groups in total. The summed E-state index contributed by atoms with van der Waals surface area (Å²) in [5.41, 5.74) is 6.26. The monoisotopic (exact) mass is 573 g/mol. The maximum absolute atomic E-state index is 13.1. The molecule has 42 heavy (non-hydrogen) atoms. The highest BCUT2D eigenvalue weighted by Crippen LogP contribution is 2.39. The van der Waals surface area contributed by atoms with E-state index in [1.807, 2.05) is 46.2 Å². The number of carbonyl (C=O) groups is 1. The quantitative estimate of drug-likeness (QED) is 0.471. The number of pyridine rings is 1. The van der Waals surface area contributed by atoms with Crippen LogP contribution in [0.2, 0.25) is 0 Å². The third-order valence-electron chi connectivity index (χ3n) is 7.66. The summed E-state index contributed by atoms with van der Waals surface area (Å²) in [4.78, 5) is 33.5. The maximum Gasteiger partial charge on any atom is 0.415 e. The third kappa shape index (κ3) is 6.27. The summed E-state index contributed by atoms with van der Waals surface area (Å²) in [5.74, 6) is 1.03. The van der Waals surface area contributed by atoms with E-state index in [9.17, 15) is 4.79 Å². The third-order valence-corrected chi connectivity index (χ3v) is 7.66. The van der Waals surface area contributed by atoms with Gasteiger partial charge >= 0.3 is 6.09 Å². The fourth-order valence-corrected chi connectivity index (χ4v) is 5.61. The van der Waals surface area contributed by atoms with Gasteiger partial charge in [-0.15, -0.1) is 0 Å². The molecule has 1 fully saturated rings. The highest BCUT2D eigenvalue weighted by atomic mass is 16.6. The molecule has 0 radical (unpaired) electrons. The molecule has 11 nitrogen and oxygen atoms in total. The van der Waals surface area contributed by atoms with Crippen molar-refractivity contribution in [1.82, 2.24) is 19.9 Å². The number of fused-ring (bicyclic) bond motifs is 2. The first-order chi connectivity index (χ1) is 20.2. The van der Waals surface area contributed by atoms with Crippen LogP contribution in [-0.2, 0) is 29.0 Å². The zero-order valence-electron chi connectivity index (χ0n) is 24.9. The Morgan fingerprint density at radius 1 is 1.07 bits per heavy atom. The summed E-state index contributed by atoms with van der Waals surface area (Å²) in [6.45, 7) is 14.2. The Bertz CT molecular complexity index is 1450. The molecule has 0 saturated carbocycles. The van der Waals surface area contributed by atoms with Gasteiger partial charge in [-0.3, -0.25) is 9.80 Å². The second-order valence-electron chi connectivity index (χ2n) is 12.0. The van der Waals surface area contributed by atoms with Gasteiger partial charge in [0.05, 0.1) is 43.9 Å². The van der Waals surface area contributed by atoms with Gasteiger partial charge in [0.1, 0.15) is 17.9 Å². The molecule has 2 aromatic heterocycles. The molecule has 0 unspecified atom stereocenters. The fourth-order valence-electron chi connectivity index (χ4n) is 5.61. The summed E-state index contributed by atoms with van der Waals surface area (Å²) < 4.78 is 17.0. The van der Waals surface area contributed by atoms with Crippen LogP contribution in [0.3, 0.4) is 0 Å². The number of anilines is 4. The van der Waals surface area contributed by atoms with Gasteiger partial charge in [0.2, 0.25) is 11.8 Å². The number of nitrogens with one attached hydrogen (secondary N) is 1. The van der Waals surface area contributed by atoms with Crippen LogP contribution in [-0.4, -0.2) is 77.5 Å². The van der Waals surface area contributed by atoms with E-state index in [0.29, 0.717) is 37.2 Å². The summed E-state index contributed by atoms with van der Waals surface area (Å²) >= 11 is 0. The van der Waals surface area contributed by atoms with Crippen LogP contribution in [0, 0.1) is 6.92 Å². The molecule has 0 spiro atoms. The van der Waals surface area contributed by atoms with Gasteiger partial charge < -0.3 is 24.4 Å². The number of aromatic nitrogens is 3. The van der Waals surface area contributed by atoms with Crippen molar-refractivity contribution in [3.63, 3.8) is 0 Å². The van der Waals surface area contributed by atoms with Crippen LogP contribution >= 0.6 is 0 Å². The lowest BCUT2D eigenvalue weighted by Crippen LogP contribution is -2.42. The van der Waals surface area contributed by atoms with Gasteiger partial charge in [0.25, 0.3) is 0 Å². The van der Waals surface area contributed by atoms with Crippen molar-refractivity contribution in [2.24, 2.45) is 0 Å². The number of amides is 1. The molecule has 11 heteroatoms. The van der Waals surface area contributed by atoms with E-state index in [2.05, 4.69) is 43.3 Å². The smallest absolute Gasteiger partial charge is 0.415 e. The van der Waals surface area contributed by atoms with Gasteiger partial charge in [-0.2, -0.15) is 0 Å². The van der Waals surface area contributed by atoms with E-state index in [-0.39, 0.29) is 0 Å². The van der Waals surface area contributed by atoms with Crippen molar-refractivity contribution < 1.29 is 19.0 Å². The number of rotatable bonds is 5. The Labute approximate surface area is 246 Å². The van der Waals surface area contributed by atoms with E-state index >= 15 is 0 Å². The topological polar surface area (TPSA) is 105 Å². The van der Waals surface area contributed by atoms with Gasteiger partial charge in [0.15, 0.2) is 0 Å². The number of carbonyl (C=O) groups excluding carboxylic acids is 1. The SMILES string of the molecule is Cc1c(N2CCc3cnc(Nc4cccc(CN5CCOCC5)c4)nc3C2)cnc2c1N(C(=O)OC(C)(C)C)CCO2. The van der Waals surface area contributed by atoms with E-state index < -0.39 is 11.7 Å². The lowest BCUT2D eigenvalue weighted by molar-refractivity contribution is 0.0342. The first-order valence-electron chi connectivity index (χ1n) is 14.6. The minimum Gasteiger partial charge on any atom is -0.474 e. The zero-order chi connectivity index (χ0) is 29.3. The summed E-state index contributed by atoms with van der Waals surface area (Å²) in [6, 6.07) is 8.41. The minimum absolute atomic E-state index is 0.373. The van der Waals surface area contributed by atoms with Crippen LogP contribution < -0.4 is 19.9 Å². The average molecular weight is 574 g/mol. The largest absolute Gasteiger partial charge is 0.474 e. The van der Waals surface area contributed by atoms with Gasteiger partial charge in [-0.1, -0.05) is 12.1 Å². The van der Waals surface area contributed by atoms with Crippen LogP contribution in [0.4, 0.5) is 27.8 Å². The molecule has 222 valence electrons. The number of benzene rings is 1.